The third-order valence-electron chi connectivity index (χ3n) is 4.64. The maximum atomic E-state index is 12.8. The second kappa shape index (κ2) is 9.56. The lowest BCUT2D eigenvalue weighted by atomic mass is 10.0. The lowest BCUT2D eigenvalue weighted by Gasteiger charge is -2.35. The van der Waals surface area contributed by atoms with Gasteiger partial charge in [-0.3, -0.25) is 4.90 Å². The van der Waals surface area contributed by atoms with Crippen molar-refractivity contribution in [1.82, 2.24) is 9.62 Å². The predicted molar refractivity (Wildman–Crippen MR) is 112 cm³/mol. The molecule has 3 rings (SSSR count). The number of methoxy groups -OCH3 is 1. The largest absolute Gasteiger partial charge is 0.497 e. The molecule has 1 fully saturated rings. The van der Waals surface area contributed by atoms with Gasteiger partial charge in [0.25, 0.3) is 0 Å². The fourth-order valence-electron chi connectivity index (χ4n) is 3.13. The minimum absolute atomic E-state index is 0.0628. The molecule has 1 heterocycles. The van der Waals surface area contributed by atoms with Crippen molar-refractivity contribution in [3.8, 4) is 5.75 Å². The summed E-state index contributed by atoms with van der Waals surface area (Å²) in [6, 6.07) is 12.3. The SMILES string of the molecule is COc1ccc(C(CNS(=O)(=O)c2ccc(Br)cc2Cl)N2CCOCC2)cc1. The number of halogens is 2. The number of sulfonamides is 1. The van der Waals surface area contributed by atoms with Crippen LogP contribution in [0, 0.1) is 0 Å². The van der Waals surface area contributed by atoms with Gasteiger partial charge in [0.2, 0.25) is 10.0 Å². The molecule has 1 saturated heterocycles. The maximum absolute atomic E-state index is 12.8. The maximum Gasteiger partial charge on any atom is 0.242 e. The van der Waals surface area contributed by atoms with E-state index in [1.54, 1.807) is 19.2 Å². The zero-order chi connectivity index (χ0) is 20.1. The first-order valence-electron chi connectivity index (χ1n) is 8.81. The Morgan fingerprint density at radius 1 is 1.21 bits per heavy atom. The van der Waals surface area contributed by atoms with Crippen molar-refractivity contribution in [3.63, 3.8) is 0 Å². The second-order valence-corrected chi connectivity index (χ2v) is 9.42. The normalized spacial score (nSPS) is 16.7. The Morgan fingerprint density at radius 2 is 1.89 bits per heavy atom. The molecule has 0 aliphatic carbocycles. The third kappa shape index (κ3) is 5.25. The van der Waals surface area contributed by atoms with Crippen LogP contribution in [0.2, 0.25) is 5.02 Å². The van der Waals surface area contributed by atoms with Crippen LogP contribution in [0.25, 0.3) is 0 Å². The fourth-order valence-corrected chi connectivity index (χ4v) is 5.21. The summed E-state index contributed by atoms with van der Waals surface area (Å²) < 4.78 is 39.7. The average Bonchev–Trinajstić information content (AvgIpc) is 2.69. The molecule has 9 heteroatoms. The summed E-state index contributed by atoms with van der Waals surface area (Å²) in [5, 5.41) is 0.175. The van der Waals surface area contributed by atoms with Crippen LogP contribution in [0.5, 0.6) is 5.75 Å². The highest BCUT2D eigenvalue weighted by Crippen LogP contribution is 2.27. The molecule has 0 bridgehead atoms. The molecule has 0 radical (unpaired) electrons. The first kappa shape index (κ1) is 21.5. The Bertz CT molecular complexity index is 903. The van der Waals surface area contributed by atoms with E-state index >= 15 is 0 Å². The smallest absolute Gasteiger partial charge is 0.242 e. The van der Waals surface area contributed by atoms with E-state index in [0.29, 0.717) is 13.2 Å². The van der Waals surface area contributed by atoms with Crippen molar-refractivity contribution < 1.29 is 17.9 Å². The highest BCUT2D eigenvalue weighted by molar-refractivity contribution is 9.10. The van der Waals surface area contributed by atoms with Gasteiger partial charge < -0.3 is 9.47 Å². The third-order valence-corrected chi connectivity index (χ3v) is 7.04. The van der Waals surface area contributed by atoms with E-state index < -0.39 is 10.0 Å². The number of morpholine rings is 1. The van der Waals surface area contributed by atoms with E-state index in [9.17, 15) is 8.42 Å². The first-order valence-corrected chi connectivity index (χ1v) is 11.5. The van der Waals surface area contributed by atoms with E-state index in [2.05, 4.69) is 25.6 Å². The van der Waals surface area contributed by atoms with Crippen LogP contribution in [0.3, 0.4) is 0 Å². The fraction of sp³-hybridized carbons (Fsp3) is 0.368. The zero-order valence-corrected chi connectivity index (χ0v) is 18.6. The molecule has 0 aromatic heterocycles. The lowest BCUT2D eigenvalue weighted by molar-refractivity contribution is 0.0172. The van der Waals surface area contributed by atoms with Crippen molar-refractivity contribution in [2.24, 2.45) is 0 Å². The number of rotatable bonds is 7. The topological polar surface area (TPSA) is 67.9 Å². The van der Waals surface area contributed by atoms with Gasteiger partial charge in [0.05, 0.1) is 25.3 Å². The van der Waals surface area contributed by atoms with E-state index in [4.69, 9.17) is 21.1 Å². The van der Waals surface area contributed by atoms with Gasteiger partial charge in [-0.25, -0.2) is 13.1 Å². The summed E-state index contributed by atoms with van der Waals surface area (Å²) >= 11 is 9.43. The lowest BCUT2D eigenvalue weighted by Crippen LogP contribution is -2.43. The van der Waals surface area contributed by atoms with Crippen LogP contribution in [0.4, 0.5) is 0 Å². The number of ether oxygens (including phenoxy) is 2. The van der Waals surface area contributed by atoms with Gasteiger partial charge in [-0.2, -0.15) is 0 Å². The molecule has 0 saturated carbocycles. The Morgan fingerprint density at radius 3 is 2.50 bits per heavy atom. The Balaban J connectivity index is 1.82. The molecule has 1 atom stereocenters. The van der Waals surface area contributed by atoms with Crippen molar-refractivity contribution in [2.45, 2.75) is 10.9 Å². The van der Waals surface area contributed by atoms with Crippen molar-refractivity contribution in [2.75, 3.05) is 40.0 Å². The molecular weight excluding hydrogens is 468 g/mol. The van der Waals surface area contributed by atoms with Crippen LogP contribution in [-0.4, -0.2) is 53.3 Å². The summed E-state index contributed by atoms with van der Waals surface area (Å²) in [6.07, 6.45) is 0. The predicted octanol–water partition coefficient (Wildman–Crippen LogP) is 3.46. The van der Waals surface area contributed by atoms with Crippen molar-refractivity contribution in [3.05, 3.63) is 57.5 Å². The van der Waals surface area contributed by atoms with E-state index in [0.717, 1.165) is 28.9 Å². The van der Waals surface area contributed by atoms with Crippen LogP contribution < -0.4 is 9.46 Å². The van der Waals surface area contributed by atoms with Gasteiger partial charge >= 0.3 is 0 Å². The molecule has 1 aliphatic heterocycles. The van der Waals surface area contributed by atoms with E-state index in [-0.39, 0.29) is 22.5 Å². The van der Waals surface area contributed by atoms with Gasteiger partial charge in [-0.15, -0.1) is 0 Å². The Hall–Kier alpha value is -1.16. The Kier molecular flexibility index (Phi) is 7.36. The van der Waals surface area contributed by atoms with Crippen LogP contribution >= 0.6 is 27.5 Å². The van der Waals surface area contributed by atoms with Gasteiger partial charge in [-0.1, -0.05) is 39.7 Å². The van der Waals surface area contributed by atoms with Gasteiger partial charge in [0.1, 0.15) is 10.6 Å². The second-order valence-electron chi connectivity index (χ2n) is 6.36. The molecule has 1 unspecified atom stereocenters. The molecule has 1 N–H and O–H groups in total. The highest BCUT2D eigenvalue weighted by Gasteiger charge is 2.26. The quantitative estimate of drug-likeness (QED) is 0.645. The summed E-state index contributed by atoms with van der Waals surface area (Å²) in [7, 11) is -2.13. The molecule has 0 spiro atoms. The van der Waals surface area contributed by atoms with Crippen molar-refractivity contribution >= 4 is 37.6 Å². The monoisotopic (exact) mass is 488 g/mol. The van der Waals surface area contributed by atoms with Crippen molar-refractivity contribution in [1.29, 1.82) is 0 Å². The minimum atomic E-state index is -3.75. The molecule has 2 aromatic rings. The molecule has 28 heavy (non-hydrogen) atoms. The van der Waals surface area contributed by atoms with E-state index in [1.165, 1.54) is 6.07 Å². The molecule has 0 amide bonds. The van der Waals surface area contributed by atoms with Gasteiger partial charge in [-0.05, 0) is 35.9 Å². The molecule has 1 aliphatic rings. The molecular formula is C19H22BrClN2O4S. The average molecular weight is 490 g/mol. The number of nitrogens with zero attached hydrogens (tertiary/aromatic N) is 1. The summed E-state index contributed by atoms with van der Waals surface area (Å²) in [4.78, 5) is 2.28. The first-order chi connectivity index (χ1) is 13.4. The minimum Gasteiger partial charge on any atom is -0.497 e. The van der Waals surface area contributed by atoms with Crippen LogP contribution in [-0.2, 0) is 14.8 Å². The zero-order valence-electron chi connectivity index (χ0n) is 15.4. The standard InChI is InChI=1S/C19H22BrClN2O4S/c1-26-16-5-2-14(3-6-16)18(23-8-10-27-11-9-23)13-22-28(24,25)19-7-4-15(20)12-17(19)21/h2-7,12,18,22H,8-11,13H2,1H3. The van der Waals surface area contributed by atoms with E-state index in [1.807, 2.05) is 24.3 Å². The molecule has 6 nitrogen and oxygen atoms in total. The Labute approximate surface area is 179 Å². The highest BCUT2D eigenvalue weighted by atomic mass is 79.9. The van der Waals surface area contributed by atoms with Gasteiger partial charge in [0.15, 0.2) is 0 Å². The van der Waals surface area contributed by atoms with Crippen LogP contribution in [0.1, 0.15) is 11.6 Å². The van der Waals surface area contributed by atoms with Crippen LogP contribution in [0.15, 0.2) is 51.8 Å². The summed E-state index contributed by atoms with van der Waals surface area (Å²) in [5.74, 6) is 0.756. The molecule has 2 aromatic carbocycles. The molecule has 152 valence electrons. The summed E-state index contributed by atoms with van der Waals surface area (Å²) in [6.45, 7) is 2.94. The number of hydrogen-bond acceptors (Lipinski definition) is 5. The number of benzene rings is 2. The number of nitrogens with one attached hydrogen (secondary N) is 1. The van der Waals surface area contributed by atoms with Gasteiger partial charge in [0, 0.05) is 30.1 Å². The summed E-state index contributed by atoms with van der Waals surface area (Å²) in [5.41, 5.74) is 1.01. The number of hydrogen-bond donors (Lipinski definition) is 1.